The molecular formula is C18H18ClN3O2. The van der Waals surface area contributed by atoms with Gasteiger partial charge >= 0.3 is 0 Å². The van der Waals surface area contributed by atoms with E-state index in [1.54, 1.807) is 12.3 Å². The van der Waals surface area contributed by atoms with E-state index in [4.69, 9.17) is 16.3 Å². The van der Waals surface area contributed by atoms with Crippen molar-refractivity contribution in [1.82, 2.24) is 14.8 Å². The molecule has 0 spiro atoms. The van der Waals surface area contributed by atoms with E-state index in [1.165, 1.54) is 5.56 Å². The van der Waals surface area contributed by atoms with Crippen molar-refractivity contribution < 1.29 is 9.84 Å². The van der Waals surface area contributed by atoms with E-state index in [-0.39, 0.29) is 22.5 Å². The van der Waals surface area contributed by atoms with Gasteiger partial charge in [0.05, 0.1) is 17.6 Å². The summed E-state index contributed by atoms with van der Waals surface area (Å²) >= 11 is 5.86. The van der Waals surface area contributed by atoms with Gasteiger partial charge in [0.2, 0.25) is 0 Å². The molecule has 0 atom stereocenters. The Morgan fingerprint density at radius 1 is 1.29 bits per heavy atom. The monoisotopic (exact) mass is 343 g/mol. The Balaban J connectivity index is 1.47. The number of rotatable bonds is 4. The zero-order valence-corrected chi connectivity index (χ0v) is 14.1. The van der Waals surface area contributed by atoms with E-state index in [0.29, 0.717) is 17.6 Å². The Hall–Kier alpha value is -2.11. The largest absolute Gasteiger partial charge is 0.506 e. The van der Waals surface area contributed by atoms with Gasteiger partial charge in [-0.3, -0.25) is 0 Å². The van der Waals surface area contributed by atoms with Gasteiger partial charge < -0.3 is 14.4 Å². The van der Waals surface area contributed by atoms with Crippen LogP contribution in [-0.2, 0) is 11.3 Å². The van der Waals surface area contributed by atoms with Gasteiger partial charge in [0, 0.05) is 12.2 Å². The molecule has 4 rings (SSSR count). The van der Waals surface area contributed by atoms with Crippen molar-refractivity contribution in [3.63, 3.8) is 0 Å². The lowest BCUT2D eigenvalue weighted by molar-refractivity contribution is -0.118. The Bertz CT molecular complexity index is 873. The molecule has 1 aromatic carbocycles. The topological polar surface area (TPSA) is 60.2 Å². The summed E-state index contributed by atoms with van der Waals surface area (Å²) in [5.74, 6) is 0.181. The lowest BCUT2D eigenvalue weighted by Gasteiger charge is -2.45. The first-order chi connectivity index (χ1) is 11.5. The first-order valence-corrected chi connectivity index (χ1v) is 8.32. The number of hydrogen-bond acceptors (Lipinski definition) is 4. The zero-order valence-electron chi connectivity index (χ0n) is 13.3. The molecule has 6 heteroatoms. The van der Waals surface area contributed by atoms with Crippen LogP contribution in [0.3, 0.4) is 0 Å². The summed E-state index contributed by atoms with van der Waals surface area (Å²) in [5.41, 5.74) is 1.67. The molecule has 2 aromatic heterocycles. The summed E-state index contributed by atoms with van der Waals surface area (Å²) < 4.78 is 8.08. The van der Waals surface area contributed by atoms with Gasteiger partial charge in [-0.05, 0) is 31.4 Å². The fourth-order valence-electron chi connectivity index (χ4n) is 3.36. The van der Waals surface area contributed by atoms with E-state index in [2.05, 4.69) is 29.3 Å². The fourth-order valence-corrected chi connectivity index (χ4v) is 3.51. The van der Waals surface area contributed by atoms with Gasteiger partial charge in [-0.1, -0.05) is 41.9 Å². The highest BCUT2D eigenvalue weighted by Crippen LogP contribution is 2.46. The molecule has 24 heavy (non-hydrogen) atoms. The van der Waals surface area contributed by atoms with Crippen molar-refractivity contribution in [1.29, 1.82) is 0 Å². The molecule has 0 amide bonds. The van der Waals surface area contributed by atoms with Crippen LogP contribution in [0.5, 0.6) is 5.75 Å². The zero-order chi connectivity index (χ0) is 16.7. The van der Waals surface area contributed by atoms with Crippen LogP contribution in [0.4, 0.5) is 0 Å². The van der Waals surface area contributed by atoms with Crippen LogP contribution >= 0.6 is 11.6 Å². The van der Waals surface area contributed by atoms with Crippen LogP contribution in [0.1, 0.15) is 31.4 Å². The normalized spacial score (nSPS) is 23.3. The van der Waals surface area contributed by atoms with Crippen LogP contribution < -0.4 is 0 Å². The van der Waals surface area contributed by atoms with Crippen LogP contribution in [0.25, 0.3) is 11.0 Å². The van der Waals surface area contributed by atoms with Crippen molar-refractivity contribution >= 4 is 22.6 Å². The molecule has 3 aromatic rings. The average Bonchev–Trinajstić information content (AvgIpc) is 2.87. The third-order valence-corrected chi connectivity index (χ3v) is 4.87. The Morgan fingerprint density at radius 3 is 2.79 bits per heavy atom. The number of ether oxygens (including phenoxy) is 1. The standard InChI is InChI=1S/C18H18ClN3O2/c1-18(24-11-12-5-3-2-4-6-12)8-13(9-18)22-10-15(23)14-7-16(19)20-21-17(14)22/h2-7,10,13,23H,8-9,11H2,1H3. The highest BCUT2D eigenvalue weighted by Gasteiger charge is 2.43. The molecule has 0 radical (unpaired) electrons. The third-order valence-electron chi connectivity index (χ3n) is 4.68. The Morgan fingerprint density at radius 2 is 2.04 bits per heavy atom. The second kappa shape index (κ2) is 5.76. The quantitative estimate of drug-likeness (QED) is 0.774. The van der Waals surface area contributed by atoms with Gasteiger partial charge in [-0.15, -0.1) is 10.2 Å². The second-order valence-corrected chi connectivity index (χ2v) is 7.00. The number of halogens is 1. The molecule has 5 nitrogen and oxygen atoms in total. The summed E-state index contributed by atoms with van der Waals surface area (Å²) in [7, 11) is 0. The number of fused-ring (bicyclic) bond motifs is 1. The molecule has 1 aliphatic rings. The predicted octanol–water partition coefficient (Wildman–Crippen LogP) is 4.10. The van der Waals surface area contributed by atoms with Gasteiger partial charge in [0.25, 0.3) is 0 Å². The average molecular weight is 344 g/mol. The maximum Gasteiger partial charge on any atom is 0.166 e. The van der Waals surface area contributed by atoms with Gasteiger partial charge in [0.1, 0.15) is 5.75 Å². The minimum atomic E-state index is -0.160. The van der Waals surface area contributed by atoms with Crippen molar-refractivity contribution in [2.45, 2.75) is 38.0 Å². The lowest BCUT2D eigenvalue weighted by atomic mass is 9.76. The van der Waals surface area contributed by atoms with Gasteiger partial charge in [0.15, 0.2) is 10.8 Å². The number of aromatic nitrogens is 3. The Labute approximate surface area is 144 Å². The van der Waals surface area contributed by atoms with Crippen molar-refractivity contribution in [2.75, 3.05) is 0 Å². The van der Waals surface area contributed by atoms with E-state index in [9.17, 15) is 5.11 Å². The van der Waals surface area contributed by atoms with E-state index in [1.807, 2.05) is 22.8 Å². The molecule has 0 saturated heterocycles. The highest BCUT2D eigenvalue weighted by atomic mass is 35.5. The molecule has 0 aliphatic heterocycles. The first-order valence-electron chi connectivity index (χ1n) is 7.95. The number of nitrogens with zero attached hydrogens (tertiary/aromatic N) is 3. The summed E-state index contributed by atoms with van der Waals surface area (Å²) in [6.45, 7) is 2.73. The minimum Gasteiger partial charge on any atom is -0.506 e. The molecule has 1 N–H and O–H groups in total. The van der Waals surface area contributed by atoms with E-state index in [0.717, 1.165) is 12.8 Å². The molecule has 1 fully saturated rings. The highest BCUT2D eigenvalue weighted by molar-refractivity contribution is 6.29. The smallest absolute Gasteiger partial charge is 0.166 e. The first kappa shape index (κ1) is 15.4. The Kier molecular flexibility index (Phi) is 3.70. The van der Waals surface area contributed by atoms with E-state index < -0.39 is 0 Å². The van der Waals surface area contributed by atoms with Crippen LogP contribution in [0, 0.1) is 0 Å². The predicted molar refractivity (Wildman–Crippen MR) is 92.1 cm³/mol. The molecule has 2 heterocycles. The molecule has 1 saturated carbocycles. The number of hydrogen-bond donors (Lipinski definition) is 1. The van der Waals surface area contributed by atoms with E-state index >= 15 is 0 Å². The maximum absolute atomic E-state index is 10.1. The minimum absolute atomic E-state index is 0.160. The van der Waals surface area contributed by atoms with Crippen LogP contribution in [0.2, 0.25) is 5.15 Å². The molecule has 0 unspecified atom stereocenters. The lowest BCUT2D eigenvalue weighted by Crippen LogP contribution is -2.44. The van der Waals surface area contributed by atoms with Crippen LogP contribution in [-0.4, -0.2) is 25.5 Å². The second-order valence-electron chi connectivity index (χ2n) is 6.61. The van der Waals surface area contributed by atoms with Gasteiger partial charge in [-0.25, -0.2) is 0 Å². The summed E-state index contributed by atoms with van der Waals surface area (Å²) in [4.78, 5) is 0. The third kappa shape index (κ3) is 2.74. The summed E-state index contributed by atoms with van der Waals surface area (Å²) in [6.07, 6.45) is 3.44. The molecule has 0 bridgehead atoms. The fraction of sp³-hybridized carbons (Fsp3) is 0.333. The molecular weight excluding hydrogens is 326 g/mol. The van der Waals surface area contributed by atoms with Gasteiger partial charge in [-0.2, -0.15) is 0 Å². The molecule has 124 valence electrons. The maximum atomic E-state index is 10.1. The SMILES string of the molecule is CC1(OCc2ccccc2)CC(n2cc(O)c3cc(Cl)nnc32)C1. The molecule has 1 aliphatic carbocycles. The number of benzene rings is 1. The summed E-state index contributed by atoms with van der Waals surface area (Å²) in [5, 5.41) is 19.0. The number of aromatic hydroxyl groups is 1. The van der Waals surface area contributed by atoms with Crippen molar-refractivity contribution in [3.05, 3.63) is 53.3 Å². The van der Waals surface area contributed by atoms with Crippen molar-refractivity contribution in [2.24, 2.45) is 0 Å². The van der Waals surface area contributed by atoms with Crippen molar-refractivity contribution in [3.8, 4) is 5.75 Å². The summed E-state index contributed by atoms with van der Waals surface area (Å²) in [6, 6.07) is 12.0. The van der Waals surface area contributed by atoms with Crippen LogP contribution in [0.15, 0.2) is 42.6 Å².